The van der Waals surface area contributed by atoms with Crippen LogP contribution in [0.25, 0.3) is 12.2 Å². The largest absolute Gasteiger partial charge is 0.493 e. The average Bonchev–Trinajstić information content (AvgIpc) is 3.07. The van der Waals surface area contributed by atoms with E-state index in [1.165, 1.54) is 21.5 Å². The van der Waals surface area contributed by atoms with E-state index in [1.54, 1.807) is 13.1 Å². The maximum atomic E-state index is 12.4. The molecule has 1 aromatic heterocycles. The molecule has 24 heavy (non-hydrogen) atoms. The lowest BCUT2D eigenvalue weighted by molar-refractivity contribution is -0.120. The van der Waals surface area contributed by atoms with Crippen LogP contribution < -0.4 is 19.5 Å². The van der Waals surface area contributed by atoms with Crippen molar-refractivity contribution in [1.82, 2.24) is 4.57 Å². The molecule has 0 atom stereocenters. The van der Waals surface area contributed by atoms with Crippen LogP contribution in [0.3, 0.4) is 0 Å². The van der Waals surface area contributed by atoms with Crippen LogP contribution >= 0.6 is 11.3 Å². The van der Waals surface area contributed by atoms with Crippen molar-refractivity contribution in [2.45, 2.75) is 27.2 Å². The minimum Gasteiger partial charge on any atom is -0.493 e. The van der Waals surface area contributed by atoms with Crippen LogP contribution in [0.2, 0.25) is 0 Å². The summed E-state index contributed by atoms with van der Waals surface area (Å²) >= 11 is 1.35. The van der Waals surface area contributed by atoms with Crippen LogP contribution in [-0.4, -0.2) is 17.0 Å². The van der Waals surface area contributed by atoms with Gasteiger partial charge in [0.2, 0.25) is 0 Å². The predicted octanol–water partition coefficient (Wildman–Crippen LogP) is 1.61. The minimum absolute atomic E-state index is 0.0144. The number of rotatable bonds is 2. The van der Waals surface area contributed by atoms with Crippen LogP contribution in [-0.2, 0) is 18.3 Å². The molecule has 0 unspecified atom stereocenters. The molecule has 2 aromatic rings. The molecule has 3 rings (SSSR count). The summed E-state index contributed by atoms with van der Waals surface area (Å²) in [6.45, 7) is 6.33. The third-order valence-electron chi connectivity index (χ3n) is 4.07. The molecule has 5 heteroatoms. The Kier molecular flexibility index (Phi) is 4.22. The second-order valence-corrected chi connectivity index (χ2v) is 8.10. The van der Waals surface area contributed by atoms with E-state index < -0.39 is 5.41 Å². The number of nitrogens with zero attached hydrogens (tertiary/aromatic N) is 1. The smallest absolute Gasteiger partial charge is 0.268 e. The Labute approximate surface area is 144 Å². The first kappa shape index (κ1) is 16.7. The number of thiazole rings is 1. The maximum absolute atomic E-state index is 12.4. The minimum atomic E-state index is -0.454. The fourth-order valence-electron chi connectivity index (χ4n) is 2.48. The number of carbonyl (C=O) groups excluding carboxylic acids is 1. The van der Waals surface area contributed by atoms with Gasteiger partial charge in [-0.25, -0.2) is 0 Å². The molecular formula is C19H21NO3S. The van der Waals surface area contributed by atoms with Crippen molar-refractivity contribution < 1.29 is 9.53 Å². The zero-order valence-corrected chi connectivity index (χ0v) is 15.2. The highest BCUT2D eigenvalue weighted by molar-refractivity contribution is 7.07. The first-order valence-electron chi connectivity index (χ1n) is 7.95. The summed E-state index contributed by atoms with van der Waals surface area (Å²) in [5.41, 5.74) is 1.62. The maximum Gasteiger partial charge on any atom is 0.268 e. The van der Waals surface area contributed by atoms with Gasteiger partial charge in [0.15, 0.2) is 5.78 Å². The summed E-state index contributed by atoms with van der Waals surface area (Å²) < 4.78 is 8.35. The molecule has 126 valence electrons. The Morgan fingerprint density at radius 2 is 2.08 bits per heavy atom. The first-order valence-corrected chi connectivity index (χ1v) is 8.77. The molecule has 0 saturated heterocycles. The number of fused-ring (bicyclic) bond motifs is 1. The second-order valence-electron chi connectivity index (χ2n) is 7.04. The topological polar surface area (TPSA) is 48.3 Å². The highest BCUT2D eigenvalue weighted by Crippen LogP contribution is 2.25. The molecule has 0 spiro atoms. The van der Waals surface area contributed by atoms with Crippen molar-refractivity contribution >= 4 is 29.3 Å². The van der Waals surface area contributed by atoms with Crippen molar-refractivity contribution in [2.24, 2.45) is 12.5 Å². The molecule has 0 amide bonds. The van der Waals surface area contributed by atoms with Crippen LogP contribution in [0.4, 0.5) is 0 Å². The molecule has 1 aliphatic rings. The summed E-state index contributed by atoms with van der Waals surface area (Å²) in [7, 11) is 1.70. The lowest BCUT2D eigenvalue weighted by atomic mass is 9.91. The van der Waals surface area contributed by atoms with Crippen LogP contribution in [0.5, 0.6) is 5.75 Å². The number of Topliss-reactive ketones (excluding diaryl/α,β-unsaturated/α-hetero) is 1. The number of benzene rings is 1. The second kappa shape index (κ2) is 6.06. The number of hydrogen-bond donors (Lipinski definition) is 0. The Balaban J connectivity index is 2.07. The Morgan fingerprint density at radius 3 is 2.79 bits per heavy atom. The molecule has 2 heterocycles. The lowest BCUT2D eigenvalue weighted by Crippen LogP contribution is -2.30. The SMILES string of the molecule is Cn1c(=O)/c(=C\c2ccc3c(c2)CCO3)s/c1=C/C(=O)C(C)(C)C. The van der Waals surface area contributed by atoms with Crippen molar-refractivity contribution in [1.29, 1.82) is 0 Å². The van der Waals surface area contributed by atoms with E-state index in [4.69, 9.17) is 4.74 Å². The number of aromatic nitrogens is 1. The van der Waals surface area contributed by atoms with E-state index >= 15 is 0 Å². The third kappa shape index (κ3) is 3.22. The summed E-state index contributed by atoms with van der Waals surface area (Å²) in [6, 6.07) is 5.96. The standard InChI is InChI=1S/C19H21NO3S/c1-19(2,3)16(21)11-17-20(4)18(22)15(24-17)10-12-5-6-14-13(9-12)7-8-23-14/h5-6,9-11H,7-8H2,1-4H3/b15-10+,17-11+. The van der Waals surface area contributed by atoms with Gasteiger partial charge in [-0.2, -0.15) is 0 Å². The monoisotopic (exact) mass is 343 g/mol. The summed E-state index contributed by atoms with van der Waals surface area (Å²) in [5, 5.41) is 0. The van der Waals surface area contributed by atoms with Crippen molar-refractivity contribution in [2.75, 3.05) is 6.61 Å². The zero-order valence-electron chi connectivity index (χ0n) is 14.4. The number of ketones is 1. The van der Waals surface area contributed by atoms with Gasteiger partial charge in [-0.15, -0.1) is 11.3 Å². The van der Waals surface area contributed by atoms with Gasteiger partial charge in [0.05, 0.1) is 11.1 Å². The number of carbonyl (C=O) groups is 1. The highest BCUT2D eigenvalue weighted by atomic mass is 32.1. The van der Waals surface area contributed by atoms with Crippen molar-refractivity contribution in [3.05, 3.63) is 48.9 Å². The molecule has 0 N–H and O–H groups in total. The highest BCUT2D eigenvalue weighted by Gasteiger charge is 2.19. The van der Waals surface area contributed by atoms with Crippen LogP contribution in [0, 0.1) is 5.41 Å². The fourth-order valence-corrected chi connectivity index (χ4v) is 3.51. The van der Waals surface area contributed by atoms with Gasteiger partial charge < -0.3 is 9.30 Å². The van der Waals surface area contributed by atoms with Gasteiger partial charge in [-0.3, -0.25) is 9.59 Å². The lowest BCUT2D eigenvalue weighted by Gasteiger charge is -2.12. The summed E-state index contributed by atoms with van der Waals surface area (Å²) in [4.78, 5) is 24.6. The van der Waals surface area contributed by atoms with Gasteiger partial charge in [0, 0.05) is 25.0 Å². The van der Waals surface area contributed by atoms with Crippen molar-refractivity contribution in [3.63, 3.8) is 0 Å². The van der Waals surface area contributed by atoms with Gasteiger partial charge in [-0.05, 0) is 29.3 Å². The molecule has 0 fully saturated rings. The Hall–Kier alpha value is -2.14. The molecule has 0 bridgehead atoms. The zero-order chi connectivity index (χ0) is 17.5. The van der Waals surface area contributed by atoms with E-state index in [2.05, 4.69) is 6.07 Å². The van der Waals surface area contributed by atoms with E-state index in [0.717, 1.165) is 17.7 Å². The normalized spacial score (nSPS) is 15.5. The van der Waals surface area contributed by atoms with E-state index in [9.17, 15) is 9.59 Å². The molecule has 1 aliphatic heterocycles. The summed E-state index contributed by atoms with van der Waals surface area (Å²) in [6.07, 6.45) is 4.35. The summed E-state index contributed by atoms with van der Waals surface area (Å²) in [5.74, 6) is 0.941. The molecule has 0 saturated carbocycles. The molecule has 0 radical (unpaired) electrons. The Morgan fingerprint density at radius 1 is 1.33 bits per heavy atom. The van der Waals surface area contributed by atoms with E-state index in [1.807, 2.05) is 39.0 Å². The number of hydrogen-bond acceptors (Lipinski definition) is 4. The number of ether oxygens (including phenoxy) is 1. The average molecular weight is 343 g/mol. The van der Waals surface area contributed by atoms with Crippen LogP contribution in [0.1, 0.15) is 31.9 Å². The quantitative estimate of drug-likeness (QED) is 0.832. The fraction of sp³-hybridized carbons (Fsp3) is 0.368. The van der Waals surface area contributed by atoms with Gasteiger partial charge in [0.25, 0.3) is 5.56 Å². The van der Waals surface area contributed by atoms with E-state index in [-0.39, 0.29) is 11.3 Å². The van der Waals surface area contributed by atoms with Crippen LogP contribution in [0.15, 0.2) is 23.0 Å². The Bertz CT molecular complexity index is 974. The van der Waals surface area contributed by atoms with Gasteiger partial charge >= 0.3 is 0 Å². The molecule has 0 aliphatic carbocycles. The predicted molar refractivity (Wildman–Crippen MR) is 96.9 cm³/mol. The third-order valence-corrected chi connectivity index (χ3v) is 5.18. The molecule has 1 aromatic carbocycles. The van der Waals surface area contributed by atoms with Gasteiger partial charge in [-0.1, -0.05) is 26.8 Å². The van der Waals surface area contributed by atoms with Gasteiger partial charge in [0.1, 0.15) is 10.4 Å². The first-order chi connectivity index (χ1) is 11.3. The molecular weight excluding hydrogens is 322 g/mol. The van der Waals surface area contributed by atoms with E-state index in [0.29, 0.717) is 15.8 Å². The molecule has 4 nitrogen and oxygen atoms in total. The van der Waals surface area contributed by atoms with Crippen molar-refractivity contribution in [3.8, 4) is 5.75 Å².